The molecule has 144 valence electrons. The molecule has 0 fully saturated rings. The molecule has 5 rings (SSSR count). The first-order valence-corrected chi connectivity index (χ1v) is 9.85. The monoisotopic (exact) mass is 383 g/mol. The molecule has 1 unspecified atom stereocenters. The van der Waals surface area contributed by atoms with Crippen molar-refractivity contribution in [3.8, 4) is 22.6 Å². The molecule has 5 aromatic rings. The van der Waals surface area contributed by atoms with Crippen molar-refractivity contribution >= 4 is 16.4 Å². The second kappa shape index (κ2) is 6.81. The lowest BCUT2D eigenvalue weighted by molar-refractivity contribution is 0.400. The molecule has 29 heavy (non-hydrogen) atoms. The summed E-state index contributed by atoms with van der Waals surface area (Å²) in [7, 11) is 0. The molecule has 0 amide bonds. The normalized spacial score (nSPS) is 12.7. The fourth-order valence-electron chi connectivity index (χ4n) is 3.75. The molecule has 0 aliphatic heterocycles. The van der Waals surface area contributed by atoms with Gasteiger partial charge < -0.3 is 4.52 Å². The molecule has 3 aromatic heterocycles. The third kappa shape index (κ3) is 2.71. The van der Waals surface area contributed by atoms with Crippen LogP contribution >= 0.6 is 0 Å². The molecular weight excluding hydrogens is 362 g/mol. The summed E-state index contributed by atoms with van der Waals surface area (Å²) >= 11 is 0. The van der Waals surface area contributed by atoms with Crippen molar-refractivity contribution in [3.05, 3.63) is 66.1 Å². The predicted molar refractivity (Wildman–Crippen MR) is 113 cm³/mol. The molecule has 3 heterocycles. The zero-order chi connectivity index (χ0) is 20.0. The predicted octanol–water partition coefficient (Wildman–Crippen LogP) is 5.42. The zero-order valence-corrected chi connectivity index (χ0v) is 16.6. The highest BCUT2D eigenvalue weighted by Gasteiger charge is 2.24. The van der Waals surface area contributed by atoms with Crippen molar-refractivity contribution in [2.24, 2.45) is 0 Å². The average Bonchev–Trinajstić information content (AvgIpc) is 3.36. The zero-order valence-electron chi connectivity index (χ0n) is 16.6. The topological polar surface area (TPSA) is 69.1 Å². The van der Waals surface area contributed by atoms with Crippen LogP contribution in [-0.4, -0.2) is 25.0 Å². The Balaban J connectivity index is 1.83. The van der Waals surface area contributed by atoms with Crippen LogP contribution in [-0.2, 0) is 0 Å². The number of fused-ring (bicyclic) bond motifs is 3. The minimum atomic E-state index is 0.316. The third-order valence-corrected chi connectivity index (χ3v) is 5.51. The molecule has 0 saturated heterocycles. The molecule has 0 radical (unpaired) electrons. The second-order valence-electron chi connectivity index (χ2n) is 7.33. The van der Waals surface area contributed by atoms with Gasteiger partial charge in [-0.1, -0.05) is 73.6 Å². The molecule has 1 atom stereocenters. The minimum absolute atomic E-state index is 0.316. The molecule has 0 saturated carbocycles. The van der Waals surface area contributed by atoms with Gasteiger partial charge in [0.1, 0.15) is 11.5 Å². The van der Waals surface area contributed by atoms with Gasteiger partial charge in [-0.15, -0.1) is 10.2 Å². The number of hydrogen-bond acceptors (Lipinski definition) is 5. The lowest BCUT2D eigenvalue weighted by atomic mass is 9.99. The van der Waals surface area contributed by atoms with Crippen LogP contribution in [0.15, 0.2) is 59.1 Å². The van der Waals surface area contributed by atoms with E-state index < -0.39 is 0 Å². The number of rotatable bonds is 4. The lowest BCUT2D eigenvalue weighted by Gasteiger charge is -2.13. The Kier molecular flexibility index (Phi) is 4.12. The van der Waals surface area contributed by atoms with Gasteiger partial charge in [0.25, 0.3) is 0 Å². The van der Waals surface area contributed by atoms with Crippen molar-refractivity contribution < 1.29 is 4.52 Å². The van der Waals surface area contributed by atoms with E-state index in [4.69, 9.17) is 9.62 Å². The van der Waals surface area contributed by atoms with Gasteiger partial charge in [0, 0.05) is 22.3 Å². The van der Waals surface area contributed by atoms with Gasteiger partial charge in [0.05, 0.1) is 11.3 Å². The fourth-order valence-corrected chi connectivity index (χ4v) is 3.75. The Morgan fingerprint density at radius 2 is 1.69 bits per heavy atom. The number of aromatic nitrogens is 5. The SMILES string of the molecule is CCC(C)c1nn2c(-c3c(-c4ccccc4)noc3C)nnc2c2ccccc12. The summed E-state index contributed by atoms with van der Waals surface area (Å²) in [6, 6.07) is 18.2. The molecule has 0 aliphatic rings. The van der Waals surface area contributed by atoms with Crippen LogP contribution in [0.1, 0.15) is 37.6 Å². The fraction of sp³-hybridized carbons (Fsp3) is 0.217. The first-order chi connectivity index (χ1) is 14.2. The largest absolute Gasteiger partial charge is 0.360 e. The maximum atomic E-state index is 5.55. The minimum Gasteiger partial charge on any atom is -0.360 e. The lowest BCUT2D eigenvalue weighted by Crippen LogP contribution is -2.05. The molecule has 0 aliphatic carbocycles. The molecule has 0 spiro atoms. The molecule has 0 bridgehead atoms. The maximum absolute atomic E-state index is 5.55. The molecule has 2 aromatic carbocycles. The van der Waals surface area contributed by atoms with Gasteiger partial charge >= 0.3 is 0 Å². The first kappa shape index (κ1) is 17.6. The van der Waals surface area contributed by atoms with E-state index in [9.17, 15) is 0 Å². The van der Waals surface area contributed by atoms with E-state index in [-0.39, 0.29) is 0 Å². The van der Waals surface area contributed by atoms with E-state index in [0.29, 0.717) is 17.5 Å². The summed E-state index contributed by atoms with van der Waals surface area (Å²) in [5.74, 6) is 1.66. The van der Waals surface area contributed by atoms with Gasteiger partial charge in [-0.25, -0.2) is 0 Å². The van der Waals surface area contributed by atoms with Gasteiger partial charge in [-0.05, 0) is 13.3 Å². The van der Waals surface area contributed by atoms with E-state index in [1.54, 1.807) is 0 Å². The number of nitrogens with zero attached hydrogens (tertiary/aromatic N) is 5. The standard InChI is InChI=1S/C23H21N5O/c1-4-14(2)20-17-12-8-9-13-18(17)22-24-25-23(28(22)26-20)19-15(3)29-27-21(19)16-10-6-5-7-11-16/h5-14H,4H2,1-3H3. The molecule has 6 heteroatoms. The quantitative estimate of drug-likeness (QED) is 0.414. The Hall–Kier alpha value is -3.54. The van der Waals surface area contributed by atoms with Crippen LogP contribution in [0, 0.1) is 6.92 Å². The van der Waals surface area contributed by atoms with E-state index in [0.717, 1.165) is 45.4 Å². The highest BCUT2D eigenvalue weighted by atomic mass is 16.5. The summed E-state index contributed by atoms with van der Waals surface area (Å²) < 4.78 is 7.39. The number of benzene rings is 2. The van der Waals surface area contributed by atoms with E-state index in [1.165, 1.54) is 0 Å². The Morgan fingerprint density at radius 1 is 0.966 bits per heavy atom. The highest BCUT2D eigenvalue weighted by molar-refractivity contribution is 5.96. The van der Waals surface area contributed by atoms with E-state index in [2.05, 4.69) is 41.3 Å². The van der Waals surface area contributed by atoms with Gasteiger partial charge in [0.2, 0.25) is 0 Å². The maximum Gasteiger partial charge on any atom is 0.191 e. The van der Waals surface area contributed by atoms with Crippen LogP contribution < -0.4 is 0 Å². The van der Waals surface area contributed by atoms with Crippen LogP contribution in [0.3, 0.4) is 0 Å². The average molecular weight is 383 g/mol. The van der Waals surface area contributed by atoms with Crippen molar-refractivity contribution in [1.82, 2.24) is 25.0 Å². The Bertz CT molecular complexity index is 1320. The second-order valence-corrected chi connectivity index (χ2v) is 7.33. The van der Waals surface area contributed by atoms with E-state index >= 15 is 0 Å². The summed E-state index contributed by atoms with van der Waals surface area (Å²) in [5.41, 5.74) is 4.33. The Labute approximate surface area is 168 Å². The van der Waals surface area contributed by atoms with E-state index in [1.807, 2.05) is 53.9 Å². The van der Waals surface area contributed by atoms with Gasteiger partial charge in [0.15, 0.2) is 11.5 Å². The molecule has 0 N–H and O–H groups in total. The van der Waals surface area contributed by atoms with Crippen LogP contribution in [0.25, 0.3) is 39.1 Å². The highest BCUT2D eigenvalue weighted by Crippen LogP contribution is 2.35. The van der Waals surface area contributed by atoms with Crippen molar-refractivity contribution in [3.63, 3.8) is 0 Å². The first-order valence-electron chi connectivity index (χ1n) is 9.85. The Morgan fingerprint density at radius 3 is 2.45 bits per heavy atom. The van der Waals surface area contributed by atoms with Crippen LogP contribution in [0.5, 0.6) is 0 Å². The van der Waals surface area contributed by atoms with Gasteiger partial charge in [-0.2, -0.15) is 9.61 Å². The summed E-state index contributed by atoms with van der Waals surface area (Å²) in [6.45, 7) is 6.27. The smallest absolute Gasteiger partial charge is 0.191 e. The van der Waals surface area contributed by atoms with Crippen molar-refractivity contribution in [2.75, 3.05) is 0 Å². The van der Waals surface area contributed by atoms with Gasteiger partial charge in [-0.3, -0.25) is 0 Å². The van der Waals surface area contributed by atoms with Crippen LogP contribution in [0.2, 0.25) is 0 Å². The third-order valence-electron chi connectivity index (χ3n) is 5.51. The number of hydrogen-bond donors (Lipinski definition) is 0. The molecule has 6 nitrogen and oxygen atoms in total. The molecular formula is C23H21N5O. The van der Waals surface area contributed by atoms with Crippen LogP contribution in [0.4, 0.5) is 0 Å². The van der Waals surface area contributed by atoms with Crippen molar-refractivity contribution in [1.29, 1.82) is 0 Å². The summed E-state index contributed by atoms with van der Waals surface area (Å²) in [6.07, 6.45) is 1.00. The number of aryl methyl sites for hydroxylation is 1. The summed E-state index contributed by atoms with van der Waals surface area (Å²) in [5, 5.41) is 20.5. The van der Waals surface area contributed by atoms with Crippen molar-refractivity contribution in [2.45, 2.75) is 33.1 Å². The summed E-state index contributed by atoms with van der Waals surface area (Å²) in [4.78, 5) is 0.